The highest BCUT2D eigenvalue weighted by Gasteiger charge is 2.12. The van der Waals surface area contributed by atoms with Crippen LogP contribution in [0.2, 0.25) is 15.1 Å². The molecule has 0 heterocycles. The first kappa shape index (κ1) is 16.9. The highest BCUT2D eigenvalue weighted by Crippen LogP contribution is 2.33. The number of halogens is 3. The summed E-state index contributed by atoms with van der Waals surface area (Å²) in [5.74, 6) is 0.561. The third kappa shape index (κ3) is 4.54. The van der Waals surface area contributed by atoms with Crippen LogP contribution in [0.3, 0.4) is 0 Å². The van der Waals surface area contributed by atoms with E-state index < -0.39 is 0 Å². The summed E-state index contributed by atoms with van der Waals surface area (Å²) in [5.41, 5.74) is 1.23. The monoisotopic (exact) mass is 357 g/mol. The van der Waals surface area contributed by atoms with Crippen LogP contribution in [0.25, 0.3) is 0 Å². The largest absolute Gasteiger partial charge is 0.494 e. The third-order valence-corrected chi connectivity index (χ3v) is 3.68. The Balaban J connectivity index is 2.04. The van der Waals surface area contributed by atoms with Gasteiger partial charge in [-0.05, 0) is 36.8 Å². The molecule has 2 aromatic carbocycles. The van der Waals surface area contributed by atoms with E-state index in [4.69, 9.17) is 39.5 Å². The van der Waals surface area contributed by atoms with Gasteiger partial charge in [-0.1, -0.05) is 46.9 Å². The topological polar surface area (TPSA) is 38.3 Å². The van der Waals surface area contributed by atoms with Gasteiger partial charge in [0.2, 0.25) is 5.91 Å². The van der Waals surface area contributed by atoms with E-state index in [1.165, 1.54) is 12.1 Å². The van der Waals surface area contributed by atoms with Crippen molar-refractivity contribution in [2.45, 2.75) is 13.3 Å². The molecule has 0 radical (unpaired) electrons. The first-order valence-corrected chi connectivity index (χ1v) is 7.79. The Hall–Kier alpha value is -1.42. The molecular weight excluding hydrogens is 345 g/mol. The highest BCUT2D eigenvalue weighted by molar-refractivity contribution is 6.42. The molecule has 0 fully saturated rings. The van der Waals surface area contributed by atoms with Crippen molar-refractivity contribution in [3.05, 3.63) is 57.0 Å². The first-order chi connectivity index (χ1) is 10.5. The molecule has 2 aromatic rings. The zero-order valence-electron chi connectivity index (χ0n) is 11.8. The Bertz CT molecular complexity index is 649. The number of anilines is 1. The minimum atomic E-state index is -0.213. The van der Waals surface area contributed by atoms with E-state index in [2.05, 4.69) is 5.32 Å². The Kier molecular flexibility index (Phi) is 5.95. The van der Waals surface area contributed by atoms with Crippen LogP contribution in [-0.2, 0) is 11.2 Å². The van der Waals surface area contributed by atoms with Gasteiger partial charge in [-0.25, -0.2) is 0 Å². The fraction of sp³-hybridized carbons (Fsp3) is 0.188. The van der Waals surface area contributed by atoms with E-state index in [0.717, 1.165) is 11.3 Å². The van der Waals surface area contributed by atoms with Crippen LogP contribution in [0.4, 0.5) is 5.69 Å². The summed E-state index contributed by atoms with van der Waals surface area (Å²) in [6, 6.07) is 10.4. The zero-order valence-corrected chi connectivity index (χ0v) is 14.1. The molecule has 3 nitrogen and oxygen atoms in total. The average Bonchev–Trinajstić information content (AvgIpc) is 2.45. The van der Waals surface area contributed by atoms with Crippen LogP contribution in [-0.4, -0.2) is 12.5 Å². The van der Waals surface area contributed by atoms with Gasteiger partial charge in [0.25, 0.3) is 0 Å². The summed E-state index contributed by atoms with van der Waals surface area (Å²) in [6.45, 7) is 2.52. The quantitative estimate of drug-likeness (QED) is 0.795. The number of amides is 1. The molecule has 1 amide bonds. The Morgan fingerprint density at radius 3 is 2.23 bits per heavy atom. The molecular formula is C16H14Cl3NO2. The first-order valence-electron chi connectivity index (χ1n) is 6.65. The van der Waals surface area contributed by atoms with Crippen molar-refractivity contribution in [1.82, 2.24) is 0 Å². The summed E-state index contributed by atoms with van der Waals surface area (Å²) in [6.07, 6.45) is 0.210. The van der Waals surface area contributed by atoms with Crippen molar-refractivity contribution < 1.29 is 9.53 Å². The Labute approximate surface area is 144 Å². The number of carbonyl (C=O) groups excluding carboxylic acids is 1. The van der Waals surface area contributed by atoms with E-state index in [9.17, 15) is 4.79 Å². The summed E-state index contributed by atoms with van der Waals surface area (Å²) in [5, 5.41) is 3.72. The zero-order chi connectivity index (χ0) is 16.1. The lowest BCUT2D eigenvalue weighted by Gasteiger charge is -2.10. The van der Waals surface area contributed by atoms with Crippen molar-refractivity contribution in [3.8, 4) is 5.75 Å². The summed E-state index contributed by atoms with van der Waals surface area (Å²) < 4.78 is 5.36. The second-order valence-electron chi connectivity index (χ2n) is 4.55. The Morgan fingerprint density at radius 1 is 1.09 bits per heavy atom. The molecule has 22 heavy (non-hydrogen) atoms. The van der Waals surface area contributed by atoms with Crippen molar-refractivity contribution in [1.29, 1.82) is 0 Å². The van der Waals surface area contributed by atoms with E-state index in [1.54, 1.807) is 0 Å². The molecule has 116 valence electrons. The van der Waals surface area contributed by atoms with Gasteiger partial charge in [0.15, 0.2) is 0 Å². The van der Waals surface area contributed by atoms with Crippen LogP contribution >= 0.6 is 34.8 Å². The molecule has 0 aliphatic heterocycles. The lowest BCUT2D eigenvalue weighted by Crippen LogP contribution is -2.15. The number of benzene rings is 2. The molecule has 0 bridgehead atoms. The van der Waals surface area contributed by atoms with Gasteiger partial charge in [-0.15, -0.1) is 0 Å². The van der Waals surface area contributed by atoms with Crippen molar-refractivity contribution in [3.63, 3.8) is 0 Å². The van der Waals surface area contributed by atoms with Crippen LogP contribution in [0.5, 0.6) is 5.75 Å². The number of nitrogens with one attached hydrogen (secondary N) is 1. The molecule has 6 heteroatoms. The molecule has 0 saturated heterocycles. The molecule has 0 spiro atoms. The van der Waals surface area contributed by atoms with Gasteiger partial charge >= 0.3 is 0 Å². The molecule has 1 N–H and O–H groups in total. The number of rotatable bonds is 5. The Morgan fingerprint density at radius 2 is 1.68 bits per heavy atom. The second-order valence-corrected chi connectivity index (χ2v) is 5.80. The lowest BCUT2D eigenvalue weighted by molar-refractivity contribution is -0.115. The minimum absolute atomic E-state index is 0.210. The predicted octanol–water partition coefficient (Wildman–Crippen LogP) is 5.23. The van der Waals surface area contributed by atoms with Gasteiger partial charge < -0.3 is 10.1 Å². The van der Waals surface area contributed by atoms with Crippen LogP contribution in [0.1, 0.15) is 12.5 Å². The molecule has 0 atom stereocenters. The molecule has 0 aliphatic rings. The van der Waals surface area contributed by atoms with Crippen LogP contribution in [0, 0.1) is 0 Å². The highest BCUT2D eigenvalue weighted by atomic mass is 35.5. The van der Waals surface area contributed by atoms with Gasteiger partial charge in [0.05, 0.1) is 28.8 Å². The number of ether oxygens (including phenoxy) is 1. The third-order valence-electron chi connectivity index (χ3n) is 2.87. The molecule has 0 aromatic heterocycles. The molecule has 0 saturated carbocycles. The lowest BCUT2D eigenvalue weighted by atomic mass is 10.1. The minimum Gasteiger partial charge on any atom is -0.494 e. The average molecular weight is 359 g/mol. The van der Waals surface area contributed by atoms with Gasteiger partial charge in [-0.3, -0.25) is 4.79 Å². The fourth-order valence-corrected chi connectivity index (χ4v) is 2.81. The molecule has 2 rings (SSSR count). The fourth-order valence-electron chi connectivity index (χ4n) is 1.90. The van der Waals surface area contributed by atoms with Crippen molar-refractivity contribution in [2.24, 2.45) is 0 Å². The number of hydrogen-bond acceptors (Lipinski definition) is 2. The summed E-state index contributed by atoms with van der Waals surface area (Å²) >= 11 is 17.9. The summed E-state index contributed by atoms with van der Waals surface area (Å²) in [7, 11) is 0. The summed E-state index contributed by atoms with van der Waals surface area (Å²) in [4.78, 5) is 12.1. The van der Waals surface area contributed by atoms with Crippen LogP contribution < -0.4 is 10.1 Å². The maximum atomic E-state index is 12.1. The van der Waals surface area contributed by atoms with Gasteiger partial charge in [0, 0.05) is 5.02 Å². The number of hydrogen-bond donors (Lipinski definition) is 1. The maximum absolute atomic E-state index is 12.1. The van der Waals surface area contributed by atoms with E-state index in [0.29, 0.717) is 27.4 Å². The normalized spacial score (nSPS) is 10.4. The maximum Gasteiger partial charge on any atom is 0.228 e. The van der Waals surface area contributed by atoms with Gasteiger partial charge in [0.1, 0.15) is 5.75 Å². The standard InChI is InChI=1S/C16H14Cl3NO2/c1-2-22-12-5-3-10(4-6-12)7-15(21)20-16-13(18)8-11(17)9-14(16)19/h3-6,8-9H,2,7H2,1H3,(H,20,21). The smallest absolute Gasteiger partial charge is 0.228 e. The van der Waals surface area contributed by atoms with Crippen molar-refractivity contribution >= 4 is 46.4 Å². The van der Waals surface area contributed by atoms with Crippen molar-refractivity contribution in [2.75, 3.05) is 11.9 Å². The molecule has 0 unspecified atom stereocenters. The number of carbonyl (C=O) groups is 1. The van der Waals surface area contributed by atoms with Crippen LogP contribution in [0.15, 0.2) is 36.4 Å². The van der Waals surface area contributed by atoms with E-state index in [1.807, 2.05) is 31.2 Å². The second kappa shape index (κ2) is 7.73. The van der Waals surface area contributed by atoms with Gasteiger partial charge in [-0.2, -0.15) is 0 Å². The molecule has 0 aliphatic carbocycles. The van der Waals surface area contributed by atoms with E-state index >= 15 is 0 Å². The predicted molar refractivity (Wildman–Crippen MR) is 91.4 cm³/mol. The van der Waals surface area contributed by atoms with E-state index in [-0.39, 0.29) is 12.3 Å². The SMILES string of the molecule is CCOc1ccc(CC(=O)Nc2c(Cl)cc(Cl)cc2Cl)cc1.